The number of fused-ring (bicyclic) bond motifs is 5. The Bertz CT molecular complexity index is 2020. The zero-order chi connectivity index (χ0) is 50.4. The molecule has 6 aliphatic rings. The molecule has 1 saturated heterocycles. The van der Waals surface area contributed by atoms with Gasteiger partial charge in [0, 0.05) is 38.2 Å². The highest BCUT2D eigenvalue weighted by molar-refractivity contribution is 5.99. The molecule has 2 aliphatic heterocycles. The van der Waals surface area contributed by atoms with Crippen LogP contribution in [0, 0.1) is 52.3 Å². The van der Waals surface area contributed by atoms with Crippen LogP contribution in [0.5, 0.6) is 0 Å². The number of carbonyl (C=O) groups excluding carboxylic acids is 7. The van der Waals surface area contributed by atoms with E-state index in [-0.39, 0.29) is 49.8 Å². The van der Waals surface area contributed by atoms with E-state index in [4.69, 9.17) is 10.5 Å². The van der Waals surface area contributed by atoms with Crippen LogP contribution in [0.4, 0.5) is 0 Å². The minimum atomic E-state index is -1.25. The van der Waals surface area contributed by atoms with Crippen molar-refractivity contribution in [2.75, 3.05) is 20.1 Å². The Morgan fingerprint density at radius 2 is 1.58 bits per heavy atom. The summed E-state index contributed by atoms with van der Waals surface area (Å²) in [5.74, 6) is 0.529. The summed E-state index contributed by atoms with van der Waals surface area (Å²) in [5, 5.41) is 10.8. The van der Waals surface area contributed by atoms with Crippen LogP contribution < -0.4 is 27.0 Å². The van der Waals surface area contributed by atoms with Crippen LogP contribution in [0.25, 0.3) is 0 Å². The summed E-state index contributed by atoms with van der Waals surface area (Å²) >= 11 is 0. The summed E-state index contributed by atoms with van der Waals surface area (Å²) < 4.78 is 6.04. The number of likely N-dealkylation sites (tertiary alicyclic amines) is 1. The van der Waals surface area contributed by atoms with Gasteiger partial charge in [0.15, 0.2) is 0 Å². The minimum absolute atomic E-state index is 0.0454. The number of ether oxygens (including phenoxy) is 1. The largest absolute Gasteiger partial charge is 0.461 e. The van der Waals surface area contributed by atoms with Crippen LogP contribution in [-0.2, 0) is 38.3 Å². The fraction of sp³-hybridized carbons (Fsp3) is 0.759. The van der Waals surface area contributed by atoms with E-state index in [0.717, 1.165) is 49.4 Å². The fourth-order valence-corrected chi connectivity index (χ4v) is 13.5. The lowest BCUT2D eigenvalue weighted by molar-refractivity contribution is -0.152. The van der Waals surface area contributed by atoms with E-state index in [1.165, 1.54) is 55.9 Å². The van der Waals surface area contributed by atoms with E-state index in [2.05, 4.69) is 62.0 Å². The summed E-state index contributed by atoms with van der Waals surface area (Å²) in [6, 6.07) is -4.19. The van der Waals surface area contributed by atoms with Gasteiger partial charge in [-0.1, -0.05) is 79.0 Å². The highest BCUT2D eigenvalue weighted by Gasteiger charge is 2.59. The number of nitrogens with zero attached hydrogens (tertiary/aromatic N) is 2. The van der Waals surface area contributed by atoms with Crippen molar-refractivity contribution < 1.29 is 38.3 Å². The number of carbonyl (C=O) groups is 7. The number of hydrogen-bond donors (Lipinski definition) is 5. The highest BCUT2D eigenvalue weighted by atomic mass is 16.5. The standard InChI is InChI=1S/C54H85N7O8/c1-32(2)14-15-34(5)40-18-19-41-39-17-16-37-29-38(22-24-53(37,7)42(39)23-25-54(40,41)8)69-47(63)30-56-51(67)45-13-11-27-61(45)52(68)44(28-33(3)4)59-50(66)43(20-21-46(55)62)58-48(64)35(6)57-49(65)36-12-10-26-60(9)31-36/h10,16,26,31-35,38-45H,11-15,17-25,27-30H2,1-9H3,(H2,55,62)(H,56,67)(H,57,65)(H,58,64)(H,59,66)/t34?,35-,38?,39?,40?,41?,42?,43-,44-,45-,53?,54?/m0/s1. The maximum atomic E-state index is 14.2. The molecule has 69 heavy (non-hydrogen) atoms. The second-order valence-corrected chi connectivity index (χ2v) is 23.1. The smallest absolute Gasteiger partial charge is 0.325 e. The van der Waals surface area contributed by atoms with Crippen LogP contribution in [-0.4, -0.2) is 102 Å². The van der Waals surface area contributed by atoms with Gasteiger partial charge in [-0.3, -0.25) is 33.6 Å². The van der Waals surface area contributed by atoms with Gasteiger partial charge in [0.25, 0.3) is 0 Å². The Kier molecular flexibility index (Phi) is 17.9. The van der Waals surface area contributed by atoms with Crippen LogP contribution in [0.2, 0.25) is 0 Å². The second-order valence-electron chi connectivity index (χ2n) is 23.1. The first-order valence-corrected chi connectivity index (χ1v) is 26.4. The third kappa shape index (κ3) is 12.8. The summed E-state index contributed by atoms with van der Waals surface area (Å²) in [6.07, 6.45) is 20.3. The number of hydrogen-bond acceptors (Lipinski definition) is 9. The third-order valence-electron chi connectivity index (χ3n) is 17.3. The molecule has 0 aromatic carbocycles. The first-order chi connectivity index (χ1) is 32.6. The molecule has 0 aromatic rings. The van der Waals surface area contributed by atoms with Gasteiger partial charge >= 0.3 is 5.97 Å². The van der Waals surface area contributed by atoms with Crippen molar-refractivity contribution in [2.45, 2.75) is 188 Å². The number of amides is 6. The van der Waals surface area contributed by atoms with Crippen LogP contribution in [0.1, 0.15) is 158 Å². The van der Waals surface area contributed by atoms with Crippen LogP contribution >= 0.6 is 0 Å². The fourth-order valence-electron chi connectivity index (χ4n) is 13.5. The minimum Gasteiger partial charge on any atom is -0.461 e. The lowest BCUT2D eigenvalue weighted by Crippen LogP contribution is -2.58. The first-order valence-electron chi connectivity index (χ1n) is 26.4. The van der Waals surface area contributed by atoms with Crippen LogP contribution in [0.15, 0.2) is 35.7 Å². The van der Waals surface area contributed by atoms with Gasteiger partial charge in [-0.15, -0.1) is 0 Å². The van der Waals surface area contributed by atoms with Crippen molar-refractivity contribution in [3.63, 3.8) is 0 Å². The molecule has 0 spiro atoms. The number of esters is 1. The Labute approximate surface area is 411 Å². The molecule has 6 rings (SSSR count). The number of primary amides is 1. The van der Waals surface area contributed by atoms with Crippen molar-refractivity contribution in [1.82, 2.24) is 31.1 Å². The summed E-state index contributed by atoms with van der Waals surface area (Å²) in [6.45, 7) is 17.5. The van der Waals surface area contributed by atoms with E-state index >= 15 is 0 Å². The molecule has 6 N–H and O–H groups in total. The highest BCUT2D eigenvalue weighted by Crippen LogP contribution is 2.67. The maximum absolute atomic E-state index is 14.2. The van der Waals surface area contributed by atoms with Crippen molar-refractivity contribution in [1.29, 1.82) is 0 Å². The molecule has 15 nitrogen and oxygen atoms in total. The molecule has 2 heterocycles. The molecule has 12 atom stereocenters. The van der Waals surface area contributed by atoms with Gasteiger partial charge in [0.2, 0.25) is 35.4 Å². The molecule has 15 heteroatoms. The first kappa shape index (κ1) is 53.7. The molecule has 0 bridgehead atoms. The van der Waals surface area contributed by atoms with Crippen molar-refractivity contribution in [2.24, 2.45) is 58.0 Å². The van der Waals surface area contributed by atoms with Crippen molar-refractivity contribution >= 4 is 41.4 Å². The summed E-state index contributed by atoms with van der Waals surface area (Å²) in [5.41, 5.74) is 7.85. The average molecular weight is 960 g/mol. The molecule has 4 aliphatic carbocycles. The maximum Gasteiger partial charge on any atom is 0.325 e. The second kappa shape index (κ2) is 23.0. The number of nitrogens with one attached hydrogen (secondary N) is 4. The van der Waals surface area contributed by atoms with Crippen molar-refractivity contribution in [3.8, 4) is 0 Å². The van der Waals surface area contributed by atoms with Gasteiger partial charge in [0.05, 0.1) is 0 Å². The molecule has 384 valence electrons. The topological polar surface area (TPSA) is 209 Å². The normalized spacial score (nSPS) is 30.1. The molecule has 6 amide bonds. The third-order valence-corrected chi connectivity index (χ3v) is 17.3. The predicted molar refractivity (Wildman–Crippen MR) is 265 cm³/mol. The monoisotopic (exact) mass is 960 g/mol. The Morgan fingerprint density at radius 3 is 2.28 bits per heavy atom. The number of rotatable bonds is 20. The van der Waals surface area contributed by atoms with Gasteiger partial charge < -0.3 is 41.5 Å². The predicted octanol–water partition coefficient (Wildman–Crippen LogP) is 6.18. The van der Waals surface area contributed by atoms with Gasteiger partial charge in [-0.05, 0) is 142 Å². The Morgan fingerprint density at radius 1 is 0.841 bits per heavy atom. The lowest BCUT2D eigenvalue weighted by Gasteiger charge is -2.58. The van der Waals surface area contributed by atoms with E-state index in [0.29, 0.717) is 42.1 Å². The van der Waals surface area contributed by atoms with Gasteiger partial charge in [0.1, 0.15) is 36.8 Å². The molecule has 4 fully saturated rings. The van der Waals surface area contributed by atoms with E-state index in [1.54, 1.807) is 18.1 Å². The van der Waals surface area contributed by atoms with Crippen LogP contribution in [0.3, 0.4) is 0 Å². The molecule has 0 aromatic heterocycles. The van der Waals surface area contributed by atoms with E-state index < -0.39 is 65.6 Å². The molecule has 8 unspecified atom stereocenters. The summed E-state index contributed by atoms with van der Waals surface area (Å²) in [4.78, 5) is 96.3. The number of nitrogens with two attached hydrogens (primary N) is 1. The van der Waals surface area contributed by atoms with Crippen molar-refractivity contribution in [3.05, 3.63) is 35.7 Å². The average Bonchev–Trinajstić information content (AvgIpc) is 3.93. The van der Waals surface area contributed by atoms with E-state index in [9.17, 15) is 33.6 Å². The zero-order valence-corrected chi connectivity index (χ0v) is 43.2. The quantitative estimate of drug-likeness (QED) is 0.0697. The molecule has 0 radical (unpaired) electrons. The molecular formula is C54H85N7O8. The van der Waals surface area contributed by atoms with Gasteiger partial charge in [-0.2, -0.15) is 0 Å². The zero-order valence-electron chi connectivity index (χ0n) is 43.2. The Balaban J connectivity index is 1.01. The molecule has 3 saturated carbocycles. The van der Waals surface area contributed by atoms with Gasteiger partial charge in [-0.25, -0.2) is 0 Å². The molecular weight excluding hydrogens is 875 g/mol. The summed E-state index contributed by atoms with van der Waals surface area (Å²) in [7, 11) is 1.78. The van der Waals surface area contributed by atoms with E-state index in [1.807, 2.05) is 26.1 Å². The lowest BCUT2D eigenvalue weighted by atomic mass is 9.47. The SMILES string of the molecule is CC(C)CCC(C)C1CCC2C3CC=C4CC(OC(=O)CNC(=O)[C@@H]5CCCN5C(=O)[C@H](CC(C)C)NC(=O)[C@H](CCC(N)=O)NC(=O)[C@H](C)NC(=O)C5=CN(C)C=CC5)CCC4(C)C3CCC12C. The Hall–Kier alpha value is -4.69. The number of allylic oxidation sites excluding steroid dienone is 2.